The van der Waals surface area contributed by atoms with Crippen LogP contribution in [0.1, 0.15) is 44.6 Å². The second kappa shape index (κ2) is 12.1. The van der Waals surface area contributed by atoms with Gasteiger partial charge in [-0.3, -0.25) is 13.9 Å². The van der Waals surface area contributed by atoms with E-state index in [0.717, 1.165) is 36.2 Å². The summed E-state index contributed by atoms with van der Waals surface area (Å²) in [6.45, 7) is 1.39. The van der Waals surface area contributed by atoms with E-state index in [1.165, 1.54) is 4.90 Å². The molecule has 1 aliphatic rings. The van der Waals surface area contributed by atoms with E-state index in [1.54, 1.807) is 48.5 Å². The van der Waals surface area contributed by atoms with Gasteiger partial charge in [0.05, 0.1) is 17.0 Å². The van der Waals surface area contributed by atoms with Crippen molar-refractivity contribution in [3.63, 3.8) is 0 Å². The summed E-state index contributed by atoms with van der Waals surface area (Å²) in [6, 6.07) is 12.8. The van der Waals surface area contributed by atoms with Crippen LogP contribution in [0.4, 0.5) is 5.69 Å². The summed E-state index contributed by atoms with van der Waals surface area (Å²) >= 11 is 12.6. The predicted molar refractivity (Wildman–Crippen MR) is 140 cm³/mol. The van der Waals surface area contributed by atoms with Crippen molar-refractivity contribution >= 4 is 50.7 Å². The summed E-state index contributed by atoms with van der Waals surface area (Å²) in [5, 5.41) is 3.73. The highest BCUT2D eigenvalue weighted by atomic mass is 35.5. The normalized spacial score (nSPS) is 15.0. The molecule has 0 aliphatic heterocycles. The maximum atomic E-state index is 13.7. The summed E-state index contributed by atoms with van der Waals surface area (Å²) in [5.74, 6) is -0.771. The van der Waals surface area contributed by atoms with Gasteiger partial charge in [0.25, 0.3) is 0 Å². The first-order valence-electron chi connectivity index (χ1n) is 11.7. The summed E-state index contributed by atoms with van der Waals surface area (Å²) in [7, 11) is -3.85. The largest absolute Gasteiger partial charge is 0.352 e. The minimum atomic E-state index is -3.85. The molecule has 1 N–H and O–H groups in total. The van der Waals surface area contributed by atoms with Gasteiger partial charge < -0.3 is 10.2 Å². The lowest BCUT2D eigenvalue weighted by Gasteiger charge is -2.33. The van der Waals surface area contributed by atoms with Crippen LogP contribution in [0, 0.1) is 0 Å². The van der Waals surface area contributed by atoms with Crippen LogP contribution in [-0.2, 0) is 26.2 Å². The number of nitrogens with one attached hydrogen (secondary N) is 1. The number of sulfonamides is 1. The fourth-order valence-corrected chi connectivity index (χ4v) is 5.69. The monoisotopic (exact) mass is 539 g/mol. The van der Waals surface area contributed by atoms with Gasteiger partial charge in [0.1, 0.15) is 12.6 Å². The van der Waals surface area contributed by atoms with E-state index < -0.39 is 28.5 Å². The first-order valence-corrected chi connectivity index (χ1v) is 14.3. The third-order valence-electron chi connectivity index (χ3n) is 6.19. The van der Waals surface area contributed by atoms with Crippen LogP contribution in [-0.4, -0.2) is 50.0 Å². The van der Waals surface area contributed by atoms with Gasteiger partial charge in [-0.1, -0.05) is 73.3 Å². The van der Waals surface area contributed by atoms with Gasteiger partial charge in [-0.2, -0.15) is 0 Å². The molecule has 190 valence electrons. The highest BCUT2D eigenvalue weighted by Gasteiger charge is 2.33. The number of anilines is 1. The molecule has 1 saturated carbocycles. The molecule has 7 nitrogen and oxygen atoms in total. The molecular formula is C25H31Cl2N3O4S. The fraction of sp³-hybridized carbons (Fsp3) is 0.440. The molecular weight excluding hydrogens is 509 g/mol. The average Bonchev–Trinajstić information content (AvgIpc) is 3.31. The van der Waals surface area contributed by atoms with Crippen molar-refractivity contribution in [1.82, 2.24) is 10.2 Å². The zero-order valence-corrected chi connectivity index (χ0v) is 22.2. The molecule has 0 unspecified atom stereocenters. The van der Waals surface area contributed by atoms with Crippen LogP contribution >= 0.6 is 23.2 Å². The van der Waals surface area contributed by atoms with Crippen LogP contribution in [0.15, 0.2) is 48.5 Å². The zero-order valence-electron chi connectivity index (χ0n) is 19.9. The quantitative estimate of drug-likeness (QED) is 0.476. The summed E-state index contributed by atoms with van der Waals surface area (Å²) in [4.78, 5) is 28.4. The maximum Gasteiger partial charge on any atom is 0.244 e. The van der Waals surface area contributed by atoms with Crippen molar-refractivity contribution in [3.05, 3.63) is 64.1 Å². The Hall–Kier alpha value is -2.29. The molecule has 0 aromatic heterocycles. The molecule has 1 aliphatic carbocycles. The minimum absolute atomic E-state index is 0.0647. The van der Waals surface area contributed by atoms with Gasteiger partial charge in [0, 0.05) is 17.6 Å². The van der Waals surface area contributed by atoms with Crippen molar-refractivity contribution in [2.24, 2.45) is 0 Å². The van der Waals surface area contributed by atoms with E-state index in [-0.39, 0.29) is 29.2 Å². The van der Waals surface area contributed by atoms with E-state index in [0.29, 0.717) is 17.0 Å². The van der Waals surface area contributed by atoms with Crippen molar-refractivity contribution < 1.29 is 18.0 Å². The van der Waals surface area contributed by atoms with Gasteiger partial charge in [-0.05, 0) is 43.0 Å². The third-order valence-corrected chi connectivity index (χ3v) is 8.00. The Balaban J connectivity index is 1.94. The smallest absolute Gasteiger partial charge is 0.244 e. The Kier molecular flexibility index (Phi) is 9.44. The molecule has 2 aromatic carbocycles. The van der Waals surface area contributed by atoms with Gasteiger partial charge in [-0.15, -0.1) is 0 Å². The molecule has 0 radical (unpaired) electrons. The summed E-state index contributed by atoms with van der Waals surface area (Å²) in [5.41, 5.74) is 0.865. The average molecular weight is 541 g/mol. The highest BCUT2D eigenvalue weighted by Crippen LogP contribution is 2.28. The predicted octanol–water partition coefficient (Wildman–Crippen LogP) is 4.63. The van der Waals surface area contributed by atoms with Gasteiger partial charge in [-0.25, -0.2) is 8.42 Å². The van der Waals surface area contributed by atoms with Gasteiger partial charge in [0.2, 0.25) is 21.8 Å². The number of carbonyl (C=O) groups is 2. The highest BCUT2D eigenvalue weighted by molar-refractivity contribution is 7.92. The molecule has 2 aromatic rings. The third kappa shape index (κ3) is 7.12. The molecule has 1 fully saturated rings. The minimum Gasteiger partial charge on any atom is -0.352 e. The first-order chi connectivity index (χ1) is 16.6. The number of hydrogen-bond acceptors (Lipinski definition) is 4. The topological polar surface area (TPSA) is 86.8 Å². The number of para-hydroxylation sites is 1. The zero-order chi connectivity index (χ0) is 25.6. The number of carbonyl (C=O) groups excluding carboxylic acids is 2. The Morgan fingerprint density at radius 1 is 1.03 bits per heavy atom. The van der Waals surface area contributed by atoms with Gasteiger partial charge >= 0.3 is 0 Å². The van der Waals surface area contributed by atoms with E-state index in [2.05, 4.69) is 5.32 Å². The number of nitrogens with zero attached hydrogens (tertiary/aromatic N) is 2. The number of benzene rings is 2. The van der Waals surface area contributed by atoms with Gasteiger partial charge in [0.15, 0.2) is 0 Å². The van der Waals surface area contributed by atoms with E-state index in [9.17, 15) is 18.0 Å². The Morgan fingerprint density at radius 2 is 1.63 bits per heavy atom. The van der Waals surface area contributed by atoms with Crippen LogP contribution in [0.5, 0.6) is 0 Å². The molecule has 1 atom stereocenters. The van der Waals surface area contributed by atoms with Crippen molar-refractivity contribution in [2.45, 2.75) is 57.7 Å². The fourth-order valence-electron chi connectivity index (χ4n) is 4.35. The molecule has 10 heteroatoms. The Morgan fingerprint density at radius 3 is 2.20 bits per heavy atom. The van der Waals surface area contributed by atoms with Crippen LogP contribution in [0.25, 0.3) is 0 Å². The maximum absolute atomic E-state index is 13.7. The van der Waals surface area contributed by atoms with Crippen molar-refractivity contribution in [2.75, 3.05) is 17.1 Å². The summed E-state index contributed by atoms with van der Waals surface area (Å²) in [6.07, 6.45) is 5.33. The number of halogens is 2. The molecule has 2 amide bonds. The number of hydrogen-bond donors (Lipinski definition) is 1. The van der Waals surface area contributed by atoms with Crippen LogP contribution in [0.2, 0.25) is 10.0 Å². The second-order valence-electron chi connectivity index (χ2n) is 8.75. The molecule has 0 spiro atoms. The lowest BCUT2D eigenvalue weighted by Crippen LogP contribution is -2.53. The van der Waals surface area contributed by atoms with Crippen molar-refractivity contribution in [1.29, 1.82) is 0 Å². The molecule has 0 heterocycles. The SMILES string of the molecule is CC[C@@H](C(=O)NC1CCCC1)N(Cc1ccccc1Cl)C(=O)CN(c1ccccc1Cl)S(C)(=O)=O. The lowest BCUT2D eigenvalue weighted by molar-refractivity contribution is -0.140. The lowest BCUT2D eigenvalue weighted by atomic mass is 10.1. The number of amides is 2. The van der Waals surface area contributed by atoms with E-state index >= 15 is 0 Å². The summed E-state index contributed by atoms with van der Waals surface area (Å²) < 4.78 is 26.3. The van der Waals surface area contributed by atoms with Crippen LogP contribution < -0.4 is 9.62 Å². The first kappa shape index (κ1) is 27.3. The van der Waals surface area contributed by atoms with Crippen molar-refractivity contribution in [3.8, 4) is 0 Å². The molecule has 0 bridgehead atoms. The van der Waals surface area contributed by atoms with E-state index in [1.807, 2.05) is 6.92 Å². The molecule has 35 heavy (non-hydrogen) atoms. The van der Waals surface area contributed by atoms with E-state index in [4.69, 9.17) is 23.2 Å². The molecule has 0 saturated heterocycles. The second-order valence-corrected chi connectivity index (χ2v) is 11.5. The molecule has 3 rings (SSSR count). The standard InChI is InChI=1S/C25H31Cl2N3O4S/c1-3-22(25(32)28-19-11-5-6-12-19)29(16-18-10-4-7-13-20(18)26)24(31)17-30(35(2,33)34)23-15-9-8-14-21(23)27/h4,7-10,13-15,19,22H,3,5-6,11-12,16-17H2,1-2H3,(H,28,32)/t22-/m0/s1. The Bertz CT molecular complexity index is 1150. The van der Waals surface area contributed by atoms with Crippen LogP contribution in [0.3, 0.4) is 0 Å². The Labute approximate surface area is 217 Å². The number of rotatable bonds is 10.